The van der Waals surface area contributed by atoms with Crippen molar-refractivity contribution in [2.45, 2.75) is 6.54 Å². The summed E-state index contributed by atoms with van der Waals surface area (Å²) in [6.07, 6.45) is 0. The highest BCUT2D eigenvalue weighted by Gasteiger charge is 2.07. The van der Waals surface area contributed by atoms with E-state index in [4.69, 9.17) is 9.47 Å². The van der Waals surface area contributed by atoms with Crippen molar-refractivity contribution >= 4 is 5.97 Å². The molecule has 0 atom stereocenters. The average molecular weight is 299 g/mol. The van der Waals surface area contributed by atoms with Crippen LogP contribution < -0.4 is 4.74 Å². The second-order valence-corrected chi connectivity index (χ2v) is 5.09. The van der Waals surface area contributed by atoms with Gasteiger partial charge in [-0.3, -0.25) is 4.90 Å². The maximum absolute atomic E-state index is 11.5. The summed E-state index contributed by atoms with van der Waals surface area (Å²) in [7, 11) is 3.42. The van der Waals surface area contributed by atoms with Gasteiger partial charge in [0.15, 0.2) is 0 Å². The Hall–Kier alpha value is -2.33. The van der Waals surface area contributed by atoms with E-state index in [2.05, 4.69) is 4.90 Å². The van der Waals surface area contributed by atoms with Gasteiger partial charge < -0.3 is 9.47 Å². The molecule has 0 saturated carbocycles. The molecular weight excluding hydrogens is 278 g/mol. The largest absolute Gasteiger partial charge is 0.492 e. The molecule has 0 aliphatic carbocycles. The minimum Gasteiger partial charge on any atom is -0.492 e. The number of nitrogens with zero attached hydrogens (tertiary/aromatic N) is 1. The van der Waals surface area contributed by atoms with Gasteiger partial charge in [0.2, 0.25) is 0 Å². The molecule has 0 spiro atoms. The van der Waals surface area contributed by atoms with E-state index in [1.165, 1.54) is 7.11 Å². The summed E-state index contributed by atoms with van der Waals surface area (Å²) in [6, 6.07) is 17.3. The van der Waals surface area contributed by atoms with Crippen molar-refractivity contribution in [3.8, 4) is 5.75 Å². The fourth-order valence-electron chi connectivity index (χ4n) is 2.14. The van der Waals surface area contributed by atoms with Gasteiger partial charge in [-0.15, -0.1) is 0 Å². The van der Waals surface area contributed by atoms with E-state index in [9.17, 15) is 4.79 Å². The predicted molar refractivity (Wildman–Crippen MR) is 86.1 cm³/mol. The van der Waals surface area contributed by atoms with E-state index in [0.717, 1.165) is 24.4 Å². The molecule has 0 bridgehead atoms. The number of likely N-dealkylation sites (N-methyl/N-ethyl adjacent to an activating group) is 1. The third-order valence-corrected chi connectivity index (χ3v) is 3.29. The highest BCUT2D eigenvalue weighted by Crippen LogP contribution is 2.10. The number of methoxy groups -OCH3 is 1. The van der Waals surface area contributed by atoms with E-state index in [1.54, 1.807) is 6.07 Å². The van der Waals surface area contributed by atoms with Crippen LogP contribution in [0, 0.1) is 0 Å². The third-order valence-electron chi connectivity index (χ3n) is 3.29. The predicted octanol–water partition coefficient (Wildman–Crippen LogP) is 2.98. The Kier molecular flexibility index (Phi) is 5.98. The number of hydrogen-bond acceptors (Lipinski definition) is 4. The Bertz CT molecular complexity index is 598. The number of carbonyl (C=O) groups excluding carboxylic acids is 1. The lowest BCUT2D eigenvalue weighted by atomic mass is 10.1. The van der Waals surface area contributed by atoms with Gasteiger partial charge in [0.25, 0.3) is 0 Å². The first-order valence-electron chi connectivity index (χ1n) is 7.22. The van der Waals surface area contributed by atoms with Crippen molar-refractivity contribution in [3.63, 3.8) is 0 Å². The summed E-state index contributed by atoms with van der Waals surface area (Å²) in [5.74, 6) is 0.570. The first-order chi connectivity index (χ1) is 10.7. The number of esters is 1. The van der Waals surface area contributed by atoms with Crippen LogP contribution in [0.2, 0.25) is 0 Å². The second-order valence-electron chi connectivity index (χ2n) is 5.09. The van der Waals surface area contributed by atoms with E-state index in [0.29, 0.717) is 12.2 Å². The Labute approximate surface area is 131 Å². The topological polar surface area (TPSA) is 38.8 Å². The van der Waals surface area contributed by atoms with Gasteiger partial charge in [0, 0.05) is 13.1 Å². The summed E-state index contributed by atoms with van der Waals surface area (Å²) >= 11 is 0. The number of hydrogen-bond donors (Lipinski definition) is 0. The maximum Gasteiger partial charge on any atom is 0.337 e. The van der Waals surface area contributed by atoms with Crippen LogP contribution >= 0.6 is 0 Å². The van der Waals surface area contributed by atoms with E-state index < -0.39 is 0 Å². The lowest BCUT2D eigenvalue weighted by molar-refractivity contribution is 0.0600. The summed E-state index contributed by atoms with van der Waals surface area (Å²) in [4.78, 5) is 13.7. The Morgan fingerprint density at radius 2 is 1.86 bits per heavy atom. The molecule has 0 amide bonds. The number of ether oxygens (including phenoxy) is 2. The van der Waals surface area contributed by atoms with E-state index >= 15 is 0 Å². The summed E-state index contributed by atoms with van der Waals surface area (Å²) in [6.45, 7) is 2.18. The molecule has 0 saturated heterocycles. The zero-order valence-electron chi connectivity index (χ0n) is 13.0. The fourth-order valence-corrected chi connectivity index (χ4v) is 2.14. The van der Waals surface area contributed by atoms with Crippen LogP contribution in [0.4, 0.5) is 0 Å². The Morgan fingerprint density at radius 3 is 2.59 bits per heavy atom. The van der Waals surface area contributed by atoms with E-state index in [1.807, 2.05) is 55.6 Å². The lowest BCUT2D eigenvalue weighted by Gasteiger charge is -2.17. The smallest absolute Gasteiger partial charge is 0.337 e. The van der Waals surface area contributed by atoms with Gasteiger partial charge in [-0.1, -0.05) is 30.3 Å². The number of benzene rings is 2. The van der Waals surface area contributed by atoms with Crippen molar-refractivity contribution in [2.75, 3.05) is 27.3 Å². The quantitative estimate of drug-likeness (QED) is 0.737. The number of para-hydroxylation sites is 1. The maximum atomic E-state index is 11.5. The monoisotopic (exact) mass is 299 g/mol. The van der Waals surface area contributed by atoms with Gasteiger partial charge >= 0.3 is 5.97 Å². The highest BCUT2D eigenvalue weighted by atomic mass is 16.5. The summed E-state index contributed by atoms with van der Waals surface area (Å²) < 4.78 is 10.4. The van der Waals surface area contributed by atoms with Crippen LogP contribution in [0.25, 0.3) is 0 Å². The first-order valence-corrected chi connectivity index (χ1v) is 7.22. The molecule has 116 valence electrons. The second kappa shape index (κ2) is 8.20. The van der Waals surface area contributed by atoms with Crippen LogP contribution in [-0.2, 0) is 11.3 Å². The molecule has 0 unspecified atom stereocenters. The van der Waals surface area contributed by atoms with Crippen molar-refractivity contribution < 1.29 is 14.3 Å². The van der Waals surface area contributed by atoms with Crippen molar-refractivity contribution in [3.05, 3.63) is 65.7 Å². The number of rotatable bonds is 7. The SMILES string of the molecule is COC(=O)c1cccc(CN(C)CCOc2ccccc2)c1. The minimum atomic E-state index is -0.308. The molecule has 0 N–H and O–H groups in total. The summed E-state index contributed by atoms with van der Waals surface area (Å²) in [5.41, 5.74) is 1.65. The molecule has 0 aromatic heterocycles. The molecule has 4 nitrogen and oxygen atoms in total. The minimum absolute atomic E-state index is 0.308. The molecule has 2 rings (SSSR count). The Balaban J connectivity index is 1.81. The summed E-state index contributed by atoms with van der Waals surface area (Å²) in [5, 5.41) is 0. The van der Waals surface area contributed by atoms with Crippen molar-refractivity contribution in [1.29, 1.82) is 0 Å². The zero-order valence-corrected chi connectivity index (χ0v) is 13.0. The zero-order chi connectivity index (χ0) is 15.8. The molecule has 0 radical (unpaired) electrons. The molecule has 22 heavy (non-hydrogen) atoms. The van der Waals surface area contributed by atoms with Gasteiger partial charge in [0.1, 0.15) is 12.4 Å². The van der Waals surface area contributed by atoms with Crippen LogP contribution in [-0.4, -0.2) is 38.2 Å². The Morgan fingerprint density at radius 1 is 1.09 bits per heavy atom. The molecule has 0 fully saturated rings. The lowest BCUT2D eigenvalue weighted by Crippen LogP contribution is -2.24. The van der Waals surface area contributed by atoms with E-state index in [-0.39, 0.29) is 5.97 Å². The van der Waals surface area contributed by atoms with Crippen LogP contribution in [0.5, 0.6) is 5.75 Å². The van der Waals surface area contributed by atoms with Crippen molar-refractivity contribution in [2.24, 2.45) is 0 Å². The first kappa shape index (κ1) is 16.0. The average Bonchev–Trinajstić information content (AvgIpc) is 2.55. The van der Waals surface area contributed by atoms with Crippen molar-refractivity contribution in [1.82, 2.24) is 4.90 Å². The van der Waals surface area contributed by atoms with Gasteiger partial charge in [-0.05, 0) is 36.9 Å². The molecule has 4 heteroatoms. The fraction of sp³-hybridized carbons (Fsp3) is 0.278. The van der Waals surface area contributed by atoms with Gasteiger partial charge in [-0.2, -0.15) is 0 Å². The molecule has 0 aliphatic heterocycles. The normalized spacial score (nSPS) is 10.5. The van der Waals surface area contributed by atoms with Gasteiger partial charge in [-0.25, -0.2) is 4.79 Å². The highest BCUT2D eigenvalue weighted by molar-refractivity contribution is 5.89. The molecule has 0 heterocycles. The van der Waals surface area contributed by atoms with Crippen LogP contribution in [0.15, 0.2) is 54.6 Å². The van der Waals surface area contributed by atoms with Gasteiger partial charge in [0.05, 0.1) is 12.7 Å². The number of carbonyl (C=O) groups is 1. The molecule has 2 aromatic carbocycles. The molecule has 0 aliphatic rings. The molecular formula is C18H21NO3. The standard InChI is InChI=1S/C18H21NO3/c1-19(11-12-22-17-9-4-3-5-10-17)14-15-7-6-8-16(13-15)18(20)21-2/h3-10,13H,11-12,14H2,1-2H3. The van der Waals surface area contributed by atoms with Crippen LogP contribution in [0.1, 0.15) is 15.9 Å². The molecule has 2 aromatic rings. The van der Waals surface area contributed by atoms with Crippen LogP contribution in [0.3, 0.4) is 0 Å². The third kappa shape index (κ3) is 4.90.